The Morgan fingerprint density at radius 2 is 2.09 bits per heavy atom. The number of hydrogen-bond donors (Lipinski definition) is 1. The van der Waals surface area contributed by atoms with Crippen molar-refractivity contribution in [2.75, 3.05) is 16.9 Å². The van der Waals surface area contributed by atoms with Gasteiger partial charge in [-0.3, -0.25) is 9.59 Å². The summed E-state index contributed by atoms with van der Waals surface area (Å²) in [7, 11) is 0. The van der Waals surface area contributed by atoms with Gasteiger partial charge in [0.2, 0.25) is 11.8 Å². The monoisotopic (exact) mass is 323 g/mol. The molecule has 0 unspecified atom stereocenters. The van der Waals surface area contributed by atoms with Crippen LogP contribution in [0.25, 0.3) is 0 Å². The third kappa shape index (κ3) is 3.24. The molecule has 1 aliphatic heterocycles. The number of anilines is 1. The molecule has 118 valence electrons. The Labute approximate surface area is 132 Å². The number of hydrogen-bond acceptors (Lipinski definition) is 4. The molecule has 1 aliphatic carbocycles. The van der Waals surface area contributed by atoms with Gasteiger partial charge in [0.1, 0.15) is 17.7 Å². The number of pyridine rings is 1. The first kappa shape index (κ1) is 15.3. The smallest absolute Gasteiger partial charge is 0.249 e. The molecule has 1 saturated heterocycles. The van der Waals surface area contributed by atoms with Crippen LogP contribution in [-0.4, -0.2) is 39.4 Å². The number of aromatic nitrogens is 1. The lowest BCUT2D eigenvalue weighted by atomic mass is 10.1. The second-order valence-corrected chi connectivity index (χ2v) is 6.66. The minimum atomic E-state index is -0.468. The van der Waals surface area contributed by atoms with Gasteiger partial charge >= 0.3 is 0 Å². The Kier molecular flexibility index (Phi) is 4.61. The van der Waals surface area contributed by atoms with E-state index in [0.717, 1.165) is 31.9 Å². The summed E-state index contributed by atoms with van der Waals surface area (Å²) in [5.41, 5.74) is 0. The van der Waals surface area contributed by atoms with Crippen LogP contribution in [0.4, 0.5) is 10.2 Å². The molecule has 2 fully saturated rings. The number of carbonyl (C=O) groups is 2. The molecular weight excluding hydrogens is 305 g/mol. The lowest BCUT2D eigenvalue weighted by molar-refractivity contribution is -0.139. The summed E-state index contributed by atoms with van der Waals surface area (Å²) in [6.45, 7) is 0. The Balaban J connectivity index is 1.65. The van der Waals surface area contributed by atoms with Gasteiger partial charge in [0, 0.05) is 11.7 Å². The van der Waals surface area contributed by atoms with Crippen molar-refractivity contribution in [2.45, 2.75) is 31.7 Å². The number of carbonyl (C=O) groups excluding carboxylic acids is 2. The van der Waals surface area contributed by atoms with Crippen molar-refractivity contribution in [1.82, 2.24) is 9.88 Å². The first-order valence-electron chi connectivity index (χ1n) is 7.46. The van der Waals surface area contributed by atoms with Crippen molar-refractivity contribution in [3.8, 4) is 0 Å². The zero-order valence-electron chi connectivity index (χ0n) is 12.1. The molecule has 1 aromatic heterocycles. The predicted octanol–water partition coefficient (Wildman–Crippen LogP) is 2.25. The molecule has 0 bridgehead atoms. The molecular formula is C15H18FN3O2S. The number of nitrogens with one attached hydrogen (secondary N) is 1. The van der Waals surface area contributed by atoms with Gasteiger partial charge in [0.25, 0.3) is 0 Å². The Bertz CT molecular complexity index is 560. The summed E-state index contributed by atoms with van der Waals surface area (Å²) < 4.78 is 12.8. The van der Waals surface area contributed by atoms with Crippen LogP contribution in [0.15, 0.2) is 18.3 Å². The topological polar surface area (TPSA) is 62.3 Å². The van der Waals surface area contributed by atoms with Gasteiger partial charge in [-0.2, -0.15) is 0 Å². The van der Waals surface area contributed by atoms with Crippen molar-refractivity contribution < 1.29 is 14.0 Å². The Hall–Kier alpha value is -1.63. The number of amides is 2. The SMILES string of the molecule is O=C(Nc1ccc(F)cn1)[C@H]1CSCN1C(=O)C1CCCC1. The van der Waals surface area contributed by atoms with E-state index in [1.807, 2.05) is 0 Å². The van der Waals surface area contributed by atoms with Crippen LogP contribution < -0.4 is 5.32 Å². The van der Waals surface area contributed by atoms with Gasteiger partial charge in [0.05, 0.1) is 12.1 Å². The second-order valence-electron chi connectivity index (χ2n) is 5.66. The van der Waals surface area contributed by atoms with E-state index in [1.165, 1.54) is 12.1 Å². The fourth-order valence-electron chi connectivity index (χ4n) is 2.94. The van der Waals surface area contributed by atoms with Crippen molar-refractivity contribution in [3.05, 3.63) is 24.1 Å². The molecule has 3 rings (SSSR count). The highest BCUT2D eigenvalue weighted by Gasteiger charge is 2.38. The molecule has 0 spiro atoms. The summed E-state index contributed by atoms with van der Waals surface area (Å²) in [5.74, 6) is 0.905. The second kappa shape index (κ2) is 6.64. The van der Waals surface area contributed by atoms with Crippen molar-refractivity contribution in [2.24, 2.45) is 5.92 Å². The van der Waals surface area contributed by atoms with Crippen LogP contribution in [0.2, 0.25) is 0 Å². The van der Waals surface area contributed by atoms with E-state index >= 15 is 0 Å². The Morgan fingerprint density at radius 1 is 1.32 bits per heavy atom. The quantitative estimate of drug-likeness (QED) is 0.927. The number of rotatable bonds is 3. The molecule has 1 N–H and O–H groups in total. The average molecular weight is 323 g/mol. The molecule has 2 amide bonds. The number of halogens is 1. The van der Waals surface area contributed by atoms with E-state index in [2.05, 4.69) is 10.3 Å². The zero-order valence-corrected chi connectivity index (χ0v) is 12.9. The Morgan fingerprint density at radius 3 is 2.77 bits per heavy atom. The van der Waals surface area contributed by atoms with Crippen molar-refractivity contribution in [1.29, 1.82) is 0 Å². The average Bonchev–Trinajstić information content (AvgIpc) is 3.20. The van der Waals surface area contributed by atoms with Crippen LogP contribution in [0.3, 0.4) is 0 Å². The lowest BCUT2D eigenvalue weighted by Gasteiger charge is -2.25. The van der Waals surface area contributed by atoms with E-state index in [4.69, 9.17) is 0 Å². The molecule has 2 heterocycles. The molecule has 1 saturated carbocycles. The van der Waals surface area contributed by atoms with Gasteiger partial charge in [-0.1, -0.05) is 12.8 Å². The van der Waals surface area contributed by atoms with Gasteiger partial charge < -0.3 is 10.2 Å². The lowest BCUT2D eigenvalue weighted by Crippen LogP contribution is -2.46. The van der Waals surface area contributed by atoms with Crippen LogP contribution >= 0.6 is 11.8 Å². The van der Waals surface area contributed by atoms with E-state index in [1.54, 1.807) is 16.7 Å². The zero-order chi connectivity index (χ0) is 15.5. The highest BCUT2D eigenvalue weighted by molar-refractivity contribution is 7.99. The van der Waals surface area contributed by atoms with Gasteiger partial charge in [-0.25, -0.2) is 9.37 Å². The molecule has 22 heavy (non-hydrogen) atoms. The predicted molar refractivity (Wildman–Crippen MR) is 82.7 cm³/mol. The summed E-state index contributed by atoms with van der Waals surface area (Å²) in [6.07, 6.45) is 5.09. The van der Waals surface area contributed by atoms with Crippen LogP contribution in [0.1, 0.15) is 25.7 Å². The minimum Gasteiger partial charge on any atom is -0.320 e. The minimum absolute atomic E-state index is 0.0675. The number of thioether (sulfide) groups is 1. The van der Waals surface area contributed by atoms with Gasteiger partial charge in [-0.15, -0.1) is 11.8 Å². The van der Waals surface area contributed by atoms with E-state index in [9.17, 15) is 14.0 Å². The largest absolute Gasteiger partial charge is 0.320 e. The van der Waals surface area contributed by atoms with Crippen LogP contribution in [0.5, 0.6) is 0 Å². The molecule has 0 aromatic carbocycles. The maximum absolute atomic E-state index is 12.8. The normalized spacial score (nSPS) is 22.0. The van der Waals surface area contributed by atoms with E-state index < -0.39 is 11.9 Å². The first-order valence-corrected chi connectivity index (χ1v) is 8.61. The van der Waals surface area contributed by atoms with Crippen LogP contribution in [-0.2, 0) is 9.59 Å². The highest BCUT2D eigenvalue weighted by atomic mass is 32.2. The molecule has 7 heteroatoms. The standard InChI is InChI=1S/C15H18FN3O2S/c16-11-5-6-13(17-7-11)18-14(20)12-8-22-9-19(12)15(21)10-3-1-2-4-10/h5-7,10,12H,1-4,8-9H2,(H,17,18,20)/t12-/m1/s1. The fourth-order valence-corrected chi connectivity index (χ4v) is 4.11. The first-order chi connectivity index (χ1) is 10.6. The number of nitrogens with zero attached hydrogens (tertiary/aromatic N) is 2. The highest BCUT2D eigenvalue weighted by Crippen LogP contribution is 2.31. The van der Waals surface area contributed by atoms with E-state index in [0.29, 0.717) is 17.4 Å². The fraction of sp³-hybridized carbons (Fsp3) is 0.533. The molecule has 5 nitrogen and oxygen atoms in total. The van der Waals surface area contributed by atoms with Gasteiger partial charge in [-0.05, 0) is 25.0 Å². The summed E-state index contributed by atoms with van der Waals surface area (Å²) in [5, 5.41) is 2.66. The van der Waals surface area contributed by atoms with Crippen molar-refractivity contribution >= 4 is 29.4 Å². The van der Waals surface area contributed by atoms with Crippen LogP contribution in [0, 0.1) is 11.7 Å². The van der Waals surface area contributed by atoms with E-state index in [-0.39, 0.29) is 17.7 Å². The third-order valence-corrected chi connectivity index (χ3v) is 5.16. The maximum Gasteiger partial charge on any atom is 0.249 e. The molecule has 1 atom stereocenters. The molecule has 1 aromatic rings. The molecule has 2 aliphatic rings. The summed E-state index contributed by atoms with van der Waals surface area (Å²) >= 11 is 1.58. The van der Waals surface area contributed by atoms with Crippen molar-refractivity contribution in [3.63, 3.8) is 0 Å². The summed E-state index contributed by atoms with van der Waals surface area (Å²) in [4.78, 5) is 30.4. The summed E-state index contributed by atoms with van der Waals surface area (Å²) in [6, 6.07) is 2.19. The maximum atomic E-state index is 12.8. The van der Waals surface area contributed by atoms with Gasteiger partial charge in [0.15, 0.2) is 0 Å². The third-order valence-electron chi connectivity index (χ3n) is 4.15. The molecule has 0 radical (unpaired) electrons.